The standard InChI is InChI=1S/C17H20N6O2S/c1-3-9(2)15(18)16-20-21-17-23(16)22-12(8-26-17)10-4-5-13-11(6-10)19-14(24)7-25-13/h4-6,8-9,15,22H,3,7,18H2,1-2H3,(H,19,24)/p+1/t9-,15-/m0/s1. The smallest absolute Gasteiger partial charge is 0.262 e. The molecule has 0 spiro atoms. The fraction of sp³-hybridized carbons (Fsp3) is 0.353. The van der Waals surface area contributed by atoms with Crippen molar-refractivity contribution >= 4 is 29.1 Å². The Morgan fingerprint density at radius 1 is 1.42 bits per heavy atom. The van der Waals surface area contributed by atoms with E-state index >= 15 is 0 Å². The molecule has 2 aliphatic rings. The van der Waals surface area contributed by atoms with Crippen LogP contribution in [0.1, 0.15) is 37.7 Å². The molecule has 4 rings (SSSR count). The largest absolute Gasteiger partial charge is 0.482 e. The number of carbonyl (C=O) groups is 1. The first-order valence-corrected chi connectivity index (χ1v) is 9.44. The van der Waals surface area contributed by atoms with Crippen LogP contribution in [0.5, 0.6) is 5.75 Å². The molecule has 0 fully saturated rings. The summed E-state index contributed by atoms with van der Waals surface area (Å²) in [5, 5.41) is 14.2. The Bertz CT molecular complexity index is 893. The second kappa shape index (κ2) is 6.65. The average molecular weight is 373 g/mol. The highest BCUT2D eigenvalue weighted by Crippen LogP contribution is 2.34. The van der Waals surface area contributed by atoms with Gasteiger partial charge >= 0.3 is 0 Å². The molecule has 8 nitrogen and oxygen atoms in total. The molecule has 0 saturated heterocycles. The summed E-state index contributed by atoms with van der Waals surface area (Å²) in [5.41, 5.74) is 10.2. The van der Waals surface area contributed by atoms with Crippen molar-refractivity contribution in [3.8, 4) is 5.75 Å². The molecular weight excluding hydrogens is 352 g/mol. The third-order valence-electron chi connectivity index (χ3n) is 4.76. The number of amides is 1. The summed E-state index contributed by atoms with van der Waals surface area (Å²) in [5.74, 6) is 1.76. The zero-order valence-corrected chi connectivity index (χ0v) is 15.5. The Hall–Kier alpha value is -2.52. The second-order valence-corrected chi connectivity index (χ2v) is 7.31. The van der Waals surface area contributed by atoms with Crippen LogP contribution in [0.3, 0.4) is 0 Å². The maximum absolute atomic E-state index is 11.6. The van der Waals surface area contributed by atoms with Gasteiger partial charge in [0.05, 0.1) is 11.4 Å². The number of quaternary nitrogens is 1. The van der Waals surface area contributed by atoms with Crippen molar-refractivity contribution < 1.29 is 15.3 Å². The molecule has 0 radical (unpaired) electrons. The van der Waals surface area contributed by atoms with Crippen LogP contribution >= 0.6 is 11.8 Å². The van der Waals surface area contributed by atoms with Crippen molar-refractivity contribution in [1.82, 2.24) is 14.9 Å². The van der Waals surface area contributed by atoms with Crippen molar-refractivity contribution in [3.63, 3.8) is 0 Å². The summed E-state index contributed by atoms with van der Waals surface area (Å²) in [4.78, 5) is 11.6. The predicted molar refractivity (Wildman–Crippen MR) is 98.9 cm³/mol. The van der Waals surface area contributed by atoms with E-state index in [4.69, 9.17) is 4.74 Å². The molecule has 2 atom stereocenters. The highest BCUT2D eigenvalue weighted by atomic mass is 32.2. The van der Waals surface area contributed by atoms with E-state index in [1.165, 1.54) is 11.8 Å². The maximum Gasteiger partial charge on any atom is 0.262 e. The molecule has 2 aromatic rings. The number of anilines is 1. The molecule has 1 aromatic carbocycles. The topological polar surface area (TPSA) is 109 Å². The third kappa shape index (κ3) is 2.93. The van der Waals surface area contributed by atoms with E-state index in [2.05, 4.69) is 40.5 Å². The van der Waals surface area contributed by atoms with Crippen LogP contribution in [0.4, 0.5) is 5.69 Å². The SMILES string of the molecule is CC[C@H](C)[C@H]([NH3+])c1nnc2n1NC(c1ccc3c(c1)NC(=O)CO3)=CS2. The Morgan fingerprint density at radius 2 is 2.27 bits per heavy atom. The summed E-state index contributed by atoms with van der Waals surface area (Å²) < 4.78 is 7.32. The highest BCUT2D eigenvalue weighted by molar-refractivity contribution is 8.02. The van der Waals surface area contributed by atoms with Gasteiger partial charge < -0.3 is 15.8 Å². The van der Waals surface area contributed by atoms with Gasteiger partial charge in [0, 0.05) is 16.9 Å². The average Bonchev–Trinajstić information content (AvgIpc) is 3.09. The normalized spacial score (nSPS) is 17.8. The molecule has 2 aliphatic heterocycles. The molecule has 1 amide bonds. The summed E-state index contributed by atoms with van der Waals surface area (Å²) >= 11 is 1.51. The molecular formula is C17H21N6O2S+. The number of benzene rings is 1. The molecule has 3 heterocycles. The van der Waals surface area contributed by atoms with Crippen molar-refractivity contribution in [2.75, 3.05) is 17.3 Å². The van der Waals surface area contributed by atoms with Crippen molar-refractivity contribution in [3.05, 3.63) is 35.0 Å². The lowest BCUT2D eigenvalue weighted by molar-refractivity contribution is -0.442. The first-order chi connectivity index (χ1) is 12.6. The number of nitrogens with zero attached hydrogens (tertiary/aromatic N) is 3. The summed E-state index contributed by atoms with van der Waals surface area (Å²) in [6, 6.07) is 5.77. The van der Waals surface area contributed by atoms with Crippen LogP contribution < -0.4 is 21.2 Å². The van der Waals surface area contributed by atoms with Gasteiger partial charge in [-0.05, 0) is 24.6 Å². The lowest BCUT2D eigenvalue weighted by Crippen LogP contribution is -2.57. The van der Waals surface area contributed by atoms with E-state index < -0.39 is 0 Å². The second-order valence-electron chi connectivity index (χ2n) is 6.48. The zero-order chi connectivity index (χ0) is 18.3. The number of fused-ring (bicyclic) bond motifs is 2. The molecule has 1 aromatic heterocycles. The lowest BCUT2D eigenvalue weighted by atomic mass is 10.00. The number of hydrogen-bond donors (Lipinski definition) is 3. The van der Waals surface area contributed by atoms with Gasteiger partial charge in [-0.1, -0.05) is 25.6 Å². The van der Waals surface area contributed by atoms with E-state index in [0.717, 1.165) is 28.7 Å². The van der Waals surface area contributed by atoms with Crippen LogP contribution in [-0.2, 0) is 4.79 Å². The molecule has 0 unspecified atom stereocenters. The van der Waals surface area contributed by atoms with Gasteiger partial charge in [0.25, 0.3) is 5.91 Å². The maximum atomic E-state index is 11.6. The van der Waals surface area contributed by atoms with E-state index in [0.29, 0.717) is 17.4 Å². The number of nitrogens with one attached hydrogen (secondary N) is 2. The minimum absolute atomic E-state index is 0.0462. The van der Waals surface area contributed by atoms with Gasteiger partial charge in [0.1, 0.15) is 11.8 Å². The van der Waals surface area contributed by atoms with Crippen molar-refractivity contribution in [2.45, 2.75) is 31.5 Å². The van der Waals surface area contributed by atoms with E-state index in [-0.39, 0.29) is 18.6 Å². The molecule has 26 heavy (non-hydrogen) atoms. The minimum Gasteiger partial charge on any atom is -0.482 e. The number of thioether (sulfide) groups is 1. The van der Waals surface area contributed by atoms with Gasteiger partial charge in [0.2, 0.25) is 11.0 Å². The van der Waals surface area contributed by atoms with Crippen LogP contribution in [0.25, 0.3) is 5.70 Å². The lowest BCUT2D eigenvalue weighted by Gasteiger charge is -2.23. The van der Waals surface area contributed by atoms with Gasteiger partial charge in [0.15, 0.2) is 6.61 Å². The molecule has 9 heteroatoms. The summed E-state index contributed by atoms with van der Waals surface area (Å²) in [7, 11) is 0. The summed E-state index contributed by atoms with van der Waals surface area (Å²) in [6.07, 6.45) is 1.02. The van der Waals surface area contributed by atoms with Gasteiger partial charge in [-0.15, -0.1) is 10.2 Å². The first kappa shape index (κ1) is 16.9. The minimum atomic E-state index is -0.147. The van der Waals surface area contributed by atoms with Gasteiger partial charge in [-0.25, -0.2) is 4.68 Å². The van der Waals surface area contributed by atoms with Crippen LogP contribution in [-0.4, -0.2) is 27.4 Å². The fourth-order valence-electron chi connectivity index (χ4n) is 2.88. The van der Waals surface area contributed by atoms with Crippen molar-refractivity contribution in [1.29, 1.82) is 0 Å². The Balaban J connectivity index is 1.62. The number of rotatable bonds is 4. The van der Waals surface area contributed by atoms with Crippen LogP contribution in [0.15, 0.2) is 28.8 Å². The Kier molecular flexibility index (Phi) is 4.33. The number of ether oxygens (including phenoxy) is 1. The van der Waals surface area contributed by atoms with Crippen molar-refractivity contribution in [2.24, 2.45) is 5.92 Å². The molecule has 0 saturated carbocycles. The van der Waals surface area contributed by atoms with Gasteiger partial charge in [-0.3, -0.25) is 10.2 Å². The number of hydrogen-bond acceptors (Lipinski definition) is 6. The molecule has 0 aliphatic carbocycles. The van der Waals surface area contributed by atoms with Gasteiger partial charge in [-0.2, -0.15) is 0 Å². The monoisotopic (exact) mass is 373 g/mol. The van der Waals surface area contributed by atoms with E-state index in [1.807, 2.05) is 28.3 Å². The van der Waals surface area contributed by atoms with E-state index in [9.17, 15) is 4.79 Å². The highest BCUT2D eigenvalue weighted by Gasteiger charge is 2.28. The predicted octanol–water partition coefficient (Wildman–Crippen LogP) is 1.59. The van der Waals surface area contributed by atoms with E-state index in [1.54, 1.807) is 0 Å². The van der Waals surface area contributed by atoms with Crippen LogP contribution in [0.2, 0.25) is 0 Å². The Labute approximate surface area is 155 Å². The summed E-state index contributed by atoms with van der Waals surface area (Å²) in [6.45, 7) is 4.36. The fourth-order valence-corrected chi connectivity index (χ4v) is 3.63. The Morgan fingerprint density at radius 3 is 3.08 bits per heavy atom. The third-order valence-corrected chi connectivity index (χ3v) is 5.59. The molecule has 136 valence electrons. The molecule has 0 bridgehead atoms. The molecule has 5 N–H and O–H groups in total. The quantitative estimate of drug-likeness (QED) is 0.751. The number of aromatic nitrogens is 3. The van der Waals surface area contributed by atoms with Crippen LogP contribution in [0, 0.1) is 5.92 Å². The first-order valence-electron chi connectivity index (χ1n) is 8.56. The number of carbonyl (C=O) groups excluding carboxylic acids is 1. The zero-order valence-electron chi connectivity index (χ0n) is 14.7.